The number of para-hydroxylation sites is 1. The van der Waals surface area contributed by atoms with Crippen LogP contribution in [-0.2, 0) is 16.3 Å². The summed E-state index contributed by atoms with van der Waals surface area (Å²) in [6.07, 6.45) is 3.00. The second kappa shape index (κ2) is 10.8. The maximum Gasteiger partial charge on any atom is 0.353 e. The molecule has 0 saturated carbocycles. The van der Waals surface area contributed by atoms with E-state index in [2.05, 4.69) is 19.6 Å². The fourth-order valence-corrected chi connectivity index (χ4v) is 5.78. The Morgan fingerprint density at radius 3 is 2.56 bits per heavy atom. The average molecular weight is 546 g/mol. The van der Waals surface area contributed by atoms with Crippen molar-refractivity contribution < 1.29 is 19.4 Å². The van der Waals surface area contributed by atoms with Gasteiger partial charge in [0.2, 0.25) is 0 Å². The third-order valence-electron chi connectivity index (χ3n) is 6.27. The lowest BCUT2D eigenvalue weighted by Gasteiger charge is -2.28. The van der Waals surface area contributed by atoms with Gasteiger partial charge in [0, 0.05) is 48.5 Å². The number of rotatable bonds is 8. The summed E-state index contributed by atoms with van der Waals surface area (Å²) in [5, 5.41) is 11.5. The Balaban J connectivity index is 1.80. The van der Waals surface area contributed by atoms with Gasteiger partial charge >= 0.3 is 5.97 Å². The second-order valence-corrected chi connectivity index (χ2v) is 16.7. The third-order valence-corrected chi connectivity index (χ3v) is 8.49. The van der Waals surface area contributed by atoms with Crippen LogP contribution in [0.15, 0.2) is 48.0 Å². The van der Waals surface area contributed by atoms with Crippen molar-refractivity contribution >= 4 is 65.8 Å². The van der Waals surface area contributed by atoms with Gasteiger partial charge in [-0.2, -0.15) is 0 Å². The third kappa shape index (κ3) is 5.70. The number of anilines is 1. The van der Waals surface area contributed by atoms with E-state index in [1.54, 1.807) is 27.7 Å². The first-order chi connectivity index (χ1) is 17.1. The van der Waals surface area contributed by atoms with Crippen LogP contribution in [0.25, 0.3) is 17.0 Å². The van der Waals surface area contributed by atoms with Crippen molar-refractivity contribution in [1.29, 1.82) is 0 Å². The molecule has 0 aliphatic carbocycles. The van der Waals surface area contributed by atoms with Crippen LogP contribution in [0.5, 0.6) is 0 Å². The van der Waals surface area contributed by atoms with E-state index in [0.717, 1.165) is 18.2 Å². The molecule has 3 aromatic rings. The Bertz CT molecular complexity index is 1330. The largest absolute Gasteiger partial charge is 0.477 e. The van der Waals surface area contributed by atoms with Gasteiger partial charge in [-0.25, -0.2) is 4.79 Å². The van der Waals surface area contributed by atoms with E-state index in [0.29, 0.717) is 51.7 Å². The molecule has 0 unspecified atom stereocenters. The first-order valence-corrected chi connectivity index (χ1v) is 16.4. The number of halogens is 2. The summed E-state index contributed by atoms with van der Waals surface area (Å²) in [6, 6.07) is 13.7. The van der Waals surface area contributed by atoms with Crippen molar-refractivity contribution in [3.8, 4) is 0 Å². The number of piperidine rings is 1. The maximum absolute atomic E-state index is 13.4. The number of ether oxygens (including phenoxy) is 1. The highest BCUT2D eigenvalue weighted by molar-refractivity contribution is 6.76. The van der Waals surface area contributed by atoms with E-state index < -0.39 is 14.0 Å². The fraction of sp³-hybridized carbons (Fsp3) is 0.333. The molecule has 1 saturated heterocycles. The molecule has 9 heteroatoms. The number of fused-ring (bicyclic) bond motifs is 1. The molecule has 2 heterocycles. The summed E-state index contributed by atoms with van der Waals surface area (Å²) in [7, 11) is -1.31. The Morgan fingerprint density at radius 1 is 1.17 bits per heavy atom. The molecule has 0 atom stereocenters. The zero-order chi connectivity index (χ0) is 26.0. The lowest BCUT2D eigenvalue weighted by Crippen LogP contribution is -2.36. The van der Waals surface area contributed by atoms with Crippen LogP contribution in [0.4, 0.5) is 5.69 Å². The van der Waals surface area contributed by atoms with Gasteiger partial charge in [0.1, 0.15) is 12.4 Å². The van der Waals surface area contributed by atoms with Crippen molar-refractivity contribution in [3.63, 3.8) is 0 Å². The summed E-state index contributed by atoms with van der Waals surface area (Å²) < 4.78 is 7.52. The standard InChI is InChI=1S/C27H30Cl2N2O4Si/c1-36(2,3)13-12-35-17-31-23-16-19(28)15-22(29)24(23)21(25(31)27(33)34)14-18-8-7-11-30(26(18)32)20-9-5-4-6-10-20/h4-6,9-10,14-16H,7-8,11-13,17H2,1-3H3,(H,33,34). The Hall–Kier alpha value is -2.58. The zero-order valence-electron chi connectivity index (χ0n) is 20.7. The number of carbonyl (C=O) groups excluding carboxylic acids is 1. The number of carbonyl (C=O) groups is 2. The van der Waals surface area contributed by atoms with Gasteiger partial charge in [-0.15, -0.1) is 0 Å². The van der Waals surface area contributed by atoms with Crippen LogP contribution in [0.3, 0.4) is 0 Å². The molecule has 1 aromatic heterocycles. The molecular weight excluding hydrogens is 515 g/mol. The quantitative estimate of drug-likeness (QED) is 0.185. The first kappa shape index (κ1) is 26.5. The number of benzene rings is 2. The molecule has 1 amide bonds. The van der Waals surface area contributed by atoms with Gasteiger partial charge in [0.05, 0.1) is 10.5 Å². The van der Waals surface area contributed by atoms with E-state index >= 15 is 0 Å². The molecule has 36 heavy (non-hydrogen) atoms. The number of aromatic nitrogens is 1. The normalized spacial score (nSPS) is 15.8. The molecule has 1 aliphatic rings. The lowest BCUT2D eigenvalue weighted by atomic mass is 9.98. The highest BCUT2D eigenvalue weighted by atomic mass is 35.5. The van der Waals surface area contributed by atoms with E-state index in [4.69, 9.17) is 27.9 Å². The summed E-state index contributed by atoms with van der Waals surface area (Å²) in [6.45, 7) is 7.96. The highest BCUT2D eigenvalue weighted by Crippen LogP contribution is 2.37. The van der Waals surface area contributed by atoms with E-state index in [1.165, 1.54) is 0 Å². The molecule has 1 aliphatic heterocycles. The van der Waals surface area contributed by atoms with Crippen molar-refractivity contribution in [2.75, 3.05) is 18.1 Å². The highest BCUT2D eigenvalue weighted by Gasteiger charge is 2.28. The molecule has 190 valence electrons. The Morgan fingerprint density at radius 2 is 1.89 bits per heavy atom. The summed E-state index contributed by atoms with van der Waals surface area (Å²) in [5.41, 5.74) is 2.34. The molecule has 1 fully saturated rings. The van der Waals surface area contributed by atoms with Crippen LogP contribution < -0.4 is 4.90 Å². The van der Waals surface area contributed by atoms with E-state index in [9.17, 15) is 14.7 Å². The van der Waals surface area contributed by atoms with Crippen LogP contribution in [0.1, 0.15) is 28.9 Å². The number of carboxylic acids is 1. The van der Waals surface area contributed by atoms with Crippen LogP contribution in [0.2, 0.25) is 35.7 Å². The minimum atomic E-state index is -1.31. The van der Waals surface area contributed by atoms with Gasteiger partial charge in [0.25, 0.3) is 5.91 Å². The molecule has 1 N–H and O–H groups in total. The number of aromatic carboxylic acids is 1. The zero-order valence-corrected chi connectivity index (χ0v) is 23.2. The first-order valence-electron chi connectivity index (χ1n) is 12.0. The maximum atomic E-state index is 13.4. The van der Waals surface area contributed by atoms with E-state index in [-0.39, 0.29) is 18.3 Å². The average Bonchev–Trinajstić information content (AvgIpc) is 3.11. The van der Waals surface area contributed by atoms with Gasteiger partial charge in [-0.1, -0.05) is 61.0 Å². The molecule has 2 aromatic carbocycles. The molecule has 0 radical (unpaired) electrons. The lowest BCUT2D eigenvalue weighted by molar-refractivity contribution is -0.115. The van der Waals surface area contributed by atoms with Gasteiger partial charge in [-0.05, 0) is 49.2 Å². The predicted octanol–water partition coefficient (Wildman–Crippen LogP) is 7.17. The van der Waals surface area contributed by atoms with Crippen molar-refractivity contribution in [2.24, 2.45) is 0 Å². The van der Waals surface area contributed by atoms with Crippen LogP contribution in [-0.4, -0.2) is 42.8 Å². The summed E-state index contributed by atoms with van der Waals surface area (Å²) in [5.74, 6) is -1.26. The monoisotopic (exact) mass is 544 g/mol. The Kier molecular flexibility index (Phi) is 7.95. The number of hydrogen-bond donors (Lipinski definition) is 1. The Labute approximate surface area is 222 Å². The van der Waals surface area contributed by atoms with Gasteiger partial charge in [-0.3, -0.25) is 4.79 Å². The molecule has 6 nitrogen and oxygen atoms in total. The predicted molar refractivity (Wildman–Crippen MR) is 149 cm³/mol. The summed E-state index contributed by atoms with van der Waals surface area (Å²) in [4.78, 5) is 27.7. The summed E-state index contributed by atoms with van der Waals surface area (Å²) >= 11 is 12.9. The van der Waals surface area contributed by atoms with Crippen LogP contribution in [0, 0.1) is 0 Å². The van der Waals surface area contributed by atoms with Gasteiger partial charge in [0.15, 0.2) is 0 Å². The van der Waals surface area contributed by atoms with Crippen molar-refractivity contribution in [3.05, 3.63) is 69.3 Å². The molecular formula is C27H30Cl2N2O4Si. The number of carboxylic acid groups (broad SMARTS) is 1. The van der Waals surface area contributed by atoms with Crippen LogP contribution >= 0.6 is 23.2 Å². The molecule has 4 rings (SSSR count). The second-order valence-electron chi connectivity index (χ2n) is 10.2. The van der Waals surface area contributed by atoms with Gasteiger partial charge < -0.3 is 19.3 Å². The number of nitrogens with zero attached hydrogens (tertiary/aromatic N) is 2. The molecule has 0 spiro atoms. The minimum Gasteiger partial charge on any atom is -0.477 e. The number of hydrogen-bond acceptors (Lipinski definition) is 3. The van der Waals surface area contributed by atoms with Crippen molar-refractivity contribution in [1.82, 2.24) is 4.57 Å². The number of amides is 1. The van der Waals surface area contributed by atoms with E-state index in [1.807, 2.05) is 30.3 Å². The SMILES string of the molecule is C[Si](C)(C)CCOCn1c(C(=O)O)c(C=C2CCCN(c3ccccc3)C2=O)c2c(Cl)cc(Cl)cc21. The minimum absolute atomic E-state index is 0.0271. The fourth-order valence-electron chi connectivity index (χ4n) is 4.44. The topological polar surface area (TPSA) is 71.8 Å². The smallest absolute Gasteiger partial charge is 0.353 e. The molecule has 0 bridgehead atoms. The van der Waals surface area contributed by atoms with Crippen molar-refractivity contribution in [2.45, 2.75) is 45.3 Å².